The number of rotatable bonds is 6. The van der Waals surface area contributed by atoms with Gasteiger partial charge in [-0.1, -0.05) is 24.3 Å². The maximum atomic E-state index is 15.8. The molecule has 2 fully saturated rings. The van der Waals surface area contributed by atoms with Gasteiger partial charge in [-0.15, -0.1) is 0 Å². The molecule has 1 unspecified atom stereocenters. The Morgan fingerprint density at radius 1 is 0.909 bits per heavy atom. The average Bonchev–Trinajstić information content (AvgIpc) is 3.40. The van der Waals surface area contributed by atoms with Crippen molar-refractivity contribution in [2.45, 2.75) is 72.4 Å². The zero-order valence-electron chi connectivity index (χ0n) is 22.9. The van der Waals surface area contributed by atoms with Gasteiger partial charge in [0.05, 0.1) is 10.8 Å². The monoisotopic (exact) mass is 659 g/mol. The molecule has 1 saturated heterocycles. The molecular weight excluding hydrogens is 633 g/mol. The lowest BCUT2D eigenvalue weighted by Gasteiger charge is -2.35. The fourth-order valence-corrected chi connectivity index (χ4v) is 8.05. The third kappa shape index (κ3) is 5.32. The number of carboxylic acid groups (broad SMARTS) is 1. The van der Waals surface area contributed by atoms with Gasteiger partial charge in [0.2, 0.25) is 0 Å². The van der Waals surface area contributed by atoms with E-state index in [2.05, 4.69) is 0 Å². The van der Waals surface area contributed by atoms with Crippen LogP contribution in [-0.4, -0.2) is 61.4 Å². The highest BCUT2D eigenvalue weighted by Crippen LogP contribution is 2.54. The normalized spacial score (nSPS) is 25.2. The van der Waals surface area contributed by atoms with E-state index in [0.717, 1.165) is 23.1 Å². The topological polar surface area (TPSA) is 91.8 Å². The molecule has 1 atom stereocenters. The average molecular weight is 660 g/mol. The van der Waals surface area contributed by atoms with E-state index >= 15 is 4.39 Å². The second-order valence-electron chi connectivity index (χ2n) is 11.2. The molecule has 2 aliphatic rings. The highest BCUT2D eigenvalue weighted by Gasteiger charge is 2.73. The largest absolute Gasteiger partial charge is 0.481 e. The van der Waals surface area contributed by atoms with Crippen molar-refractivity contribution in [1.29, 1.82) is 0 Å². The van der Waals surface area contributed by atoms with Crippen molar-refractivity contribution >= 4 is 21.7 Å². The Morgan fingerprint density at radius 3 is 1.93 bits per heavy atom. The summed E-state index contributed by atoms with van der Waals surface area (Å²) in [5.41, 5.74) is -10.7. The standard InChI is InChI=1S/C28H26F9NO5S/c1-16-14-20(6-7-21(16)29)44(42,43)25(18-2-4-19(5-3-18)26(31,27(32,33)34)28(35,36)37)12-13-38(15-25)23(41)24(30)10-8-17(9-11-24)22(39)40/h2-7,14,17H,8-13,15H2,1H3,(H,39,40). The number of aryl methyl sites for hydroxylation is 1. The molecule has 44 heavy (non-hydrogen) atoms. The second-order valence-corrected chi connectivity index (χ2v) is 13.5. The Hall–Kier alpha value is -3.30. The number of halogens is 9. The lowest BCUT2D eigenvalue weighted by atomic mass is 9.79. The molecule has 1 amide bonds. The molecule has 1 saturated carbocycles. The van der Waals surface area contributed by atoms with Crippen molar-refractivity contribution in [2.75, 3.05) is 13.1 Å². The van der Waals surface area contributed by atoms with Crippen LogP contribution < -0.4 is 0 Å². The van der Waals surface area contributed by atoms with E-state index in [9.17, 15) is 58.2 Å². The number of amides is 1. The molecule has 0 aromatic heterocycles. The summed E-state index contributed by atoms with van der Waals surface area (Å²) < 4.78 is 150. The number of alkyl halides is 8. The van der Waals surface area contributed by atoms with E-state index in [0.29, 0.717) is 12.1 Å². The van der Waals surface area contributed by atoms with Gasteiger partial charge < -0.3 is 10.0 Å². The summed E-state index contributed by atoms with van der Waals surface area (Å²) in [4.78, 5) is 25.0. The number of carboxylic acids is 1. The van der Waals surface area contributed by atoms with E-state index in [1.54, 1.807) is 0 Å². The predicted molar refractivity (Wildman–Crippen MR) is 136 cm³/mol. The Labute approximate surface area is 245 Å². The van der Waals surface area contributed by atoms with E-state index in [1.165, 1.54) is 6.92 Å². The van der Waals surface area contributed by atoms with Crippen LogP contribution in [0.2, 0.25) is 0 Å². The highest BCUT2D eigenvalue weighted by atomic mass is 32.2. The first-order valence-corrected chi connectivity index (χ1v) is 14.7. The minimum atomic E-state index is -6.42. The molecule has 242 valence electrons. The Bertz CT molecular complexity index is 1530. The van der Waals surface area contributed by atoms with Gasteiger partial charge >= 0.3 is 24.0 Å². The van der Waals surface area contributed by atoms with Crippen LogP contribution >= 0.6 is 0 Å². The molecule has 1 N–H and O–H groups in total. The minimum Gasteiger partial charge on any atom is -0.481 e. The van der Waals surface area contributed by atoms with Gasteiger partial charge in [-0.3, -0.25) is 9.59 Å². The number of aliphatic carboxylic acids is 1. The fourth-order valence-electron chi connectivity index (χ4n) is 5.89. The van der Waals surface area contributed by atoms with Crippen molar-refractivity contribution in [3.63, 3.8) is 0 Å². The molecular formula is C28H26F9NO5S. The van der Waals surface area contributed by atoms with Gasteiger partial charge in [-0.2, -0.15) is 26.3 Å². The quantitative estimate of drug-likeness (QED) is 0.290. The number of carbonyl (C=O) groups excluding carboxylic acids is 1. The summed E-state index contributed by atoms with van der Waals surface area (Å²) >= 11 is 0. The number of sulfone groups is 1. The lowest BCUT2D eigenvalue weighted by molar-refractivity contribution is -0.348. The van der Waals surface area contributed by atoms with Gasteiger partial charge in [0.25, 0.3) is 5.91 Å². The Morgan fingerprint density at radius 2 is 1.45 bits per heavy atom. The first-order chi connectivity index (χ1) is 20.1. The molecule has 2 aromatic rings. The first kappa shape index (κ1) is 33.6. The second kappa shape index (κ2) is 10.9. The molecule has 4 rings (SSSR count). The summed E-state index contributed by atoms with van der Waals surface area (Å²) in [5, 5.41) is 9.19. The molecule has 1 heterocycles. The molecule has 1 aliphatic heterocycles. The zero-order valence-corrected chi connectivity index (χ0v) is 23.7. The van der Waals surface area contributed by atoms with Crippen LogP contribution in [-0.2, 0) is 29.8 Å². The molecule has 2 aromatic carbocycles. The number of likely N-dealkylation sites (tertiary alicyclic amines) is 1. The van der Waals surface area contributed by atoms with E-state index in [1.807, 2.05) is 0 Å². The van der Waals surface area contributed by atoms with Crippen LogP contribution in [0.5, 0.6) is 0 Å². The number of nitrogens with zero attached hydrogens (tertiary/aromatic N) is 1. The first-order valence-electron chi connectivity index (χ1n) is 13.3. The molecule has 16 heteroatoms. The maximum Gasteiger partial charge on any atom is 0.435 e. The zero-order chi connectivity index (χ0) is 33.1. The van der Waals surface area contributed by atoms with Crippen LogP contribution in [0, 0.1) is 18.7 Å². The van der Waals surface area contributed by atoms with Crippen molar-refractivity contribution in [3.05, 3.63) is 65.0 Å². The summed E-state index contributed by atoms with van der Waals surface area (Å²) in [6.07, 6.45) is -14.6. The van der Waals surface area contributed by atoms with Crippen LogP contribution in [0.15, 0.2) is 47.4 Å². The van der Waals surface area contributed by atoms with E-state index < -0.39 is 110 Å². The number of benzene rings is 2. The van der Waals surface area contributed by atoms with E-state index in [-0.39, 0.29) is 30.5 Å². The molecule has 6 nitrogen and oxygen atoms in total. The van der Waals surface area contributed by atoms with Crippen LogP contribution in [0.4, 0.5) is 39.5 Å². The molecule has 1 aliphatic carbocycles. The highest BCUT2D eigenvalue weighted by molar-refractivity contribution is 7.92. The predicted octanol–water partition coefficient (Wildman–Crippen LogP) is 6.31. The third-order valence-corrected chi connectivity index (χ3v) is 11.0. The summed E-state index contributed by atoms with van der Waals surface area (Å²) in [6.45, 7) is 0.0408. The van der Waals surface area contributed by atoms with Gasteiger partial charge in [0, 0.05) is 18.7 Å². The SMILES string of the molecule is Cc1cc(S(=O)(=O)C2(c3ccc(C(F)(C(F)(F)F)C(F)(F)F)cc3)CCN(C(=O)C3(F)CCC(C(=O)O)CC3)C2)ccc1F. The maximum absolute atomic E-state index is 15.8. The third-order valence-electron chi connectivity index (χ3n) is 8.57. The van der Waals surface area contributed by atoms with E-state index in [4.69, 9.17) is 0 Å². The number of hydrogen-bond acceptors (Lipinski definition) is 4. The summed E-state index contributed by atoms with van der Waals surface area (Å²) in [6, 6.07) is 4.13. The lowest BCUT2D eigenvalue weighted by Crippen LogP contribution is -2.50. The summed E-state index contributed by atoms with van der Waals surface area (Å²) in [5.74, 6) is -3.99. The van der Waals surface area contributed by atoms with Gasteiger partial charge in [0.1, 0.15) is 10.6 Å². The van der Waals surface area contributed by atoms with Crippen molar-refractivity contribution in [3.8, 4) is 0 Å². The molecule has 0 radical (unpaired) electrons. The fraction of sp³-hybridized carbons (Fsp3) is 0.500. The van der Waals surface area contributed by atoms with Gasteiger partial charge in [0.15, 0.2) is 15.5 Å². The van der Waals surface area contributed by atoms with Crippen molar-refractivity contribution in [2.24, 2.45) is 5.92 Å². The van der Waals surface area contributed by atoms with Gasteiger partial charge in [-0.25, -0.2) is 21.6 Å². The number of carbonyl (C=O) groups is 2. The summed E-state index contributed by atoms with van der Waals surface area (Å²) in [7, 11) is -4.73. The van der Waals surface area contributed by atoms with Crippen molar-refractivity contribution < 1.29 is 62.6 Å². The van der Waals surface area contributed by atoms with Crippen LogP contribution in [0.25, 0.3) is 0 Å². The smallest absolute Gasteiger partial charge is 0.435 e. The minimum absolute atomic E-state index is 0.113. The Kier molecular flexibility index (Phi) is 8.36. The van der Waals surface area contributed by atoms with Crippen LogP contribution in [0.1, 0.15) is 48.8 Å². The molecule has 0 spiro atoms. The van der Waals surface area contributed by atoms with Crippen molar-refractivity contribution in [1.82, 2.24) is 4.90 Å². The van der Waals surface area contributed by atoms with Gasteiger partial charge in [-0.05, 0) is 68.4 Å². The Balaban J connectivity index is 1.79. The molecule has 0 bridgehead atoms. The number of hydrogen-bond donors (Lipinski definition) is 1. The van der Waals surface area contributed by atoms with Crippen LogP contribution in [0.3, 0.4) is 0 Å².